The molecule has 0 unspecified atom stereocenters. The van der Waals surface area contributed by atoms with E-state index in [0.717, 1.165) is 5.56 Å². The largest absolute Gasteiger partial charge is 0.444 e. The number of amides is 1. The summed E-state index contributed by atoms with van der Waals surface area (Å²) in [6, 6.07) is 15.1. The molecule has 1 amide bonds. The first-order valence-corrected chi connectivity index (χ1v) is 6.95. The first-order chi connectivity index (χ1) is 11.1. The van der Waals surface area contributed by atoms with E-state index in [1.54, 1.807) is 6.07 Å². The average Bonchev–Trinajstić information content (AvgIpc) is 2.58. The van der Waals surface area contributed by atoms with Crippen LogP contribution in [-0.2, 0) is 11.3 Å². The molecule has 0 aliphatic rings. The lowest BCUT2D eigenvalue weighted by molar-refractivity contribution is -0.384. The van der Waals surface area contributed by atoms with Gasteiger partial charge in [0.25, 0.3) is 5.69 Å². The van der Waals surface area contributed by atoms with Gasteiger partial charge >= 0.3 is 6.09 Å². The summed E-state index contributed by atoms with van der Waals surface area (Å²) >= 11 is 0. The van der Waals surface area contributed by atoms with Crippen molar-refractivity contribution in [2.45, 2.75) is 6.61 Å². The minimum Gasteiger partial charge on any atom is -0.444 e. The van der Waals surface area contributed by atoms with Crippen molar-refractivity contribution in [3.63, 3.8) is 0 Å². The zero-order chi connectivity index (χ0) is 16.7. The lowest BCUT2D eigenvalue weighted by Crippen LogP contribution is -2.31. The van der Waals surface area contributed by atoms with Crippen molar-refractivity contribution in [1.29, 1.82) is 0 Å². The fraction of sp³-hybridized carbons (Fsp3) is 0.118. The van der Waals surface area contributed by atoms with Crippen LogP contribution >= 0.6 is 0 Å². The van der Waals surface area contributed by atoms with Gasteiger partial charge in [0, 0.05) is 18.7 Å². The van der Waals surface area contributed by atoms with Crippen LogP contribution in [0.1, 0.15) is 5.56 Å². The molecule has 118 valence electrons. The summed E-state index contributed by atoms with van der Waals surface area (Å²) < 4.78 is 5.27. The molecular formula is C17H16N2O4. The smallest absolute Gasteiger partial charge is 0.414 e. The van der Waals surface area contributed by atoms with E-state index in [1.165, 1.54) is 29.2 Å². The van der Waals surface area contributed by atoms with E-state index in [0.29, 0.717) is 5.69 Å². The molecule has 0 heterocycles. The minimum absolute atomic E-state index is 0.0904. The van der Waals surface area contributed by atoms with Crippen LogP contribution in [0.25, 0.3) is 0 Å². The Kier molecular flexibility index (Phi) is 5.46. The molecule has 23 heavy (non-hydrogen) atoms. The lowest BCUT2D eigenvalue weighted by atomic mass is 10.2. The van der Waals surface area contributed by atoms with E-state index in [1.807, 2.05) is 30.3 Å². The number of ether oxygens (including phenoxy) is 1. The Morgan fingerprint density at radius 3 is 2.61 bits per heavy atom. The number of non-ortho nitro benzene ring substituents is 1. The van der Waals surface area contributed by atoms with Gasteiger partial charge in [-0.25, -0.2) is 4.79 Å². The van der Waals surface area contributed by atoms with Gasteiger partial charge in [-0.3, -0.25) is 15.0 Å². The molecule has 0 spiro atoms. The first kappa shape index (κ1) is 16.2. The lowest BCUT2D eigenvalue weighted by Gasteiger charge is -2.20. The summed E-state index contributed by atoms with van der Waals surface area (Å²) in [6.07, 6.45) is 0.942. The maximum atomic E-state index is 12.3. The quantitative estimate of drug-likeness (QED) is 0.460. The van der Waals surface area contributed by atoms with Crippen LogP contribution in [0, 0.1) is 10.1 Å². The fourth-order valence-electron chi connectivity index (χ4n) is 1.99. The maximum absolute atomic E-state index is 12.3. The highest BCUT2D eigenvalue weighted by Gasteiger charge is 2.18. The van der Waals surface area contributed by atoms with Gasteiger partial charge < -0.3 is 4.74 Å². The third kappa shape index (κ3) is 4.41. The molecule has 0 aliphatic heterocycles. The molecule has 6 nitrogen and oxygen atoms in total. The van der Waals surface area contributed by atoms with E-state index in [4.69, 9.17) is 4.74 Å². The molecule has 0 aliphatic carbocycles. The van der Waals surface area contributed by atoms with Gasteiger partial charge in [-0.15, -0.1) is 6.58 Å². The number of nitro groups is 1. The molecule has 0 N–H and O–H groups in total. The summed E-state index contributed by atoms with van der Waals surface area (Å²) in [4.78, 5) is 23.9. The molecule has 0 bridgehead atoms. The monoisotopic (exact) mass is 312 g/mol. The Labute approximate surface area is 133 Å². The SMILES string of the molecule is C=CCN(C(=O)OCc1ccccc1)c1cccc([N+](=O)[O-])c1. The van der Waals surface area contributed by atoms with Gasteiger partial charge in [-0.1, -0.05) is 42.5 Å². The predicted molar refractivity (Wildman–Crippen MR) is 87.3 cm³/mol. The molecule has 0 atom stereocenters. The van der Waals surface area contributed by atoms with E-state index in [-0.39, 0.29) is 18.8 Å². The number of rotatable bonds is 6. The van der Waals surface area contributed by atoms with Crippen LogP contribution in [0.5, 0.6) is 0 Å². The van der Waals surface area contributed by atoms with Gasteiger partial charge in [0.2, 0.25) is 0 Å². The summed E-state index contributed by atoms with van der Waals surface area (Å²) in [5.41, 5.74) is 1.16. The number of hydrogen-bond acceptors (Lipinski definition) is 4. The van der Waals surface area contributed by atoms with Crippen LogP contribution < -0.4 is 4.90 Å². The van der Waals surface area contributed by atoms with Crippen molar-refractivity contribution in [3.8, 4) is 0 Å². The molecule has 2 rings (SSSR count). The molecule has 0 saturated carbocycles. The Morgan fingerprint density at radius 1 is 1.22 bits per heavy atom. The first-order valence-electron chi connectivity index (χ1n) is 6.95. The summed E-state index contributed by atoms with van der Waals surface area (Å²) in [5.74, 6) is 0. The van der Waals surface area contributed by atoms with Gasteiger partial charge in [-0.05, 0) is 11.6 Å². The average molecular weight is 312 g/mol. The van der Waals surface area contributed by atoms with Crippen molar-refractivity contribution >= 4 is 17.5 Å². The number of benzene rings is 2. The number of anilines is 1. The third-order valence-electron chi connectivity index (χ3n) is 3.09. The molecule has 2 aromatic carbocycles. The van der Waals surface area contributed by atoms with Crippen molar-refractivity contribution in [2.75, 3.05) is 11.4 Å². The zero-order valence-corrected chi connectivity index (χ0v) is 12.4. The number of nitro benzene ring substituents is 1. The number of nitrogens with zero attached hydrogens (tertiary/aromatic N) is 2. The Morgan fingerprint density at radius 2 is 1.96 bits per heavy atom. The van der Waals surface area contributed by atoms with Gasteiger partial charge in [0.15, 0.2) is 0 Å². The highest BCUT2D eigenvalue weighted by molar-refractivity contribution is 5.88. The van der Waals surface area contributed by atoms with Crippen LogP contribution in [0.4, 0.5) is 16.2 Å². The second kappa shape index (κ2) is 7.74. The Balaban J connectivity index is 2.13. The minimum atomic E-state index is -0.589. The van der Waals surface area contributed by atoms with Crippen molar-refractivity contribution in [2.24, 2.45) is 0 Å². The number of carbonyl (C=O) groups is 1. The molecule has 0 fully saturated rings. The molecule has 2 aromatic rings. The van der Waals surface area contributed by atoms with Crippen LogP contribution in [0.15, 0.2) is 67.3 Å². The number of carbonyl (C=O) groups excluding carboxylic acids is 1. The highest BCUT2D eigenvalue weighted by atomic mass is 16.6. The summed E-state index contributed by atoms with van der Waals surface area (Å²) in [5, 5.41) is 10.9. The van der Waals surface area contributed by atoms with E-state index in [9.17, 15) is 14.9 Å². The van der Waals surface area contributed by atoms with Crippen LogP contribution in [-0.4, -0.2) is 17.6 Å². The standard InChI is InChI=1S/C17H16N2O4/c1-2-11-18(15-9-6-10-16(12-15)19(21)22)17(20)23-13-14-7-4-3-5-8-14/h2-10,12H,1,11,13H2. The normalized spacial score (nSPS) is 9.91. The topological polar surface area (TPSA) is 72.7 Å². The molecule has 6 heteroatoms. The highest BCUT2D eigenvalue weighted by Crippen LogP contribution is 2.22. The van der Waals surface area contributed by atoms with Crippen LogP contribution in [0.2, 0.25) is 0 Å². The predicted octanol–water partition coefficient (Wildman–Crippen LogP) is 3.92. The molecule has 0 saturated heterocycles. The molecule has 0 aromatic heterocycles. The second-order valence-corrected chi connectivity index (χ2v) is 4.72. The summed E-state index contributed by atoms with van der Waals surface area (Å²) in [6.45, 7) is 3.92. The molecule has 0 radical (unpaired) electrons. The van der Waals surface area contributed by atoms with E-state index in [2.05, 4.69) is 6.58 Å². The van der Waals surface area contributed by atoms with Gasteiger partial charge in [0.1, 0.15) is 6.61 Å². The summed E-state index contributed by atoms with van der Waals surface area (Å²) in [7, 11) is 0. The second-order valence-electron chi connectivity index (χ2n) is 4.72. The van der Waals surface area contributed by atoms with Gasteiger partial charge in [0.05, 0.1) is 10.6 Å². The van der Waals surface area contributed by atoms with Crippen molar-refractivity contribution in [3.05, 3.63) is 82.9 Å². The Hall–Kier alpha value is -3.15. The maximum Gasteiger partial charge on any atom is 0.414 e. The number of hydrogen-bond donors (Lipinski definition) is 0. The van der Waals surface area contributed by atoms with E-state index >= 15 is 0 Å². The van der Waals surface area contributed by atoms with Gasteiger partial charge in [-0.2, -0.15) is 0 Å². The zero-order valence-electron chi connectivity index (χ0n) is 12.4. The van der Waals surface area contributed by atoms with Crippen molar-refractivity contribution < 1.29 is 14.5 Å². The fourth-order valence-corrected chi connectivity index (χ4v) is 1.99. The van der Waals surface area contributed by atoms with Crippen LogP contribution in [0.3, 0.4) is 0 Å². The third-order valence-corrected chi connectivity index (χ3v) is 3.09. The van der Waals surface area contributed by atoms with Crippen molar-refractivity contribution in [1.82, 2.24) is 0 Å². The molecular weight excluding hydrogens is 296 g/mol. The Bertz CT molecular complexity index is 701. The van der Waals surface area contributed by atoms with E-state index < -0.39 is 11.0 Å².